The second kappa shape index (κ2) is 12.6. The second-order valence-corrected chi connectivity index (χ2v) is 11.6. The number of para-hydroxylation sites is 1. The molecular formula is C32H21BrFIN4O5. The van der Waals surface area contributed by atoms with Crippen molar-refractivity contribution in [2.75, 3.05) is 19.0 Å². The quantitative estimate of drug-likeness (QED) is 0.130. The minimum absolute atomic E-state index is 0.242. The maximum absolute atomic E-state index is 13.6. The molecular weight excluding hydrogens is 746 g/mol. The number of methoxy groups -OCH3 is 1. The first-order chi connectivity index (χ1) is 21.3. The van der Waals surface area contributed by atoms with Crippen LogP contribution in [0.3, 0.4) is 0 Å². The molecule has 44 heavy (non-hydrogen) atoms. The first-order valence-corrected chi connectivity index (χ1v) is 15.0. The Labute approximate surface area is 271 Å². The Morgan fingerprint density at radius 3 is 2.70 bits per heavy atom. The van der Waals surface area contributed by atoms with Gasteiger partial charge in [-0.05, 0) is 101 Å². The summed E-state index contributed by atoms with van der Waals surface area (Å²) in [6.07, 6.45) is 1.51. The highest BCUT2D eigenvalue weighted by molar-refractivity contribution is 14.1. The number of benzene rings is 4. The molecule has 0 aliphatic carbocycles. The van der Waals surface area contributed by atoms with E-state index in [0.717, 1.165) is 9.86 Å². The van der Waals surface area contributed by atoms with E-state index in [0.29, 0.717) is 48.6 Å². The van der Waals surface area contributed by atoms with Gasteiger partial charge in [0.05, 0.1) is 27.8 Å². The molecule has 9 nitrogen and oxygen atoms in total. The zero-order valence-electron chi connectivity index (χ0n) is 22.9. The maximum Gasteiger partial charge on any atom is 0.282 e. The molecule has 6 aromatic rings. The fourth-order valence-corrected chi connectivity index (χ4v) is 5.62. The van der Waals surface area contributed by atoms with Crippen molar-refractivity contribution in [3.63, 3.8) is 0 Å². The second-order valence-electron chi connectivity index (χ2n) is 9.48. The largest absolute Gasteiger partial charge is 0.493 e. The van der Waals surface area contributed by atoms with E-state index >= 15 is 0 Å². The maximum atomic E-state index is 13.6. The van der Waals surface area contributed by atoms with E-state index in [1.807, 2.05) is 30.3 Å². The van der Waals surface area contributed by atoms with E-state index in [1.165, 1.54) is 42.3 Å². The number of nitrogens with zero attached hydrogens (tertiary/aromatic N) is 3. The molecule has 0 radical (unpaired) electrons. The topological polar surface area (TPSA) is 108 Å². The number of aromatic nitrogens is 2. The van der Waals surface area contributed by atoms with Crippen molar-refractivity contribution in [2.45, 2.75) is 0 Å². The van der Waals surface area contributed by atoms with Crippen molar-refractivity contribution in [1.82, 2.24) is 9.66 Å². The van der Waals surface area contributed by atoms with Crippen molar-refractivity contribution < 1.29 is 23.1 Å². The smallest absolute Gasteiger partial charge is 0.282 e. The number of hydrogen-bond donors (Lipinski definition) is 1. The van der Waals surface area contributed by atoms with Crippen LogP contribution in [0.5, 0.6) is 11.5 Å². The van der Waals surface area contributed by atoms with Crippen LogP contribution in [-0.2, 0) is 4.79 Å². The van der Waals surface area contributed by atoms with Gasteiger partial charge in [-0.25, -0.2) is 9.37 Å². The van der Waals surface area contributed by atoms with Gasteiger partial charge in [-0.3, -0.25) is 9.59 Å². The van der Waals surface area contributed by atoms with E-state index < -0.39 is 11.7 Å². The van der Waals surface area contributed by atoms with Gasteiger partial charge in [0.15, 0.2) is 23.9 Å². The summed E-state index contributed by atoms with van der Waals surface area (Å²) in [6.45, 7) is -0.299. The molecule has 4 aromatic carbocycles. The lowest BCUT2D eigenvalue weighted by Gasteiger charge is -2.13. The molecule has 0 aliphatic rings. The Morgan fingerprint density at radius 1 is 1.11 bits per heavy atom. The van der Waals surface area contributed by atoms with Crippen molar-refractivity contribution in [3.05, 3.63) is 115 Å². The molecule has 0 aliphatic heterocycles. The fraction of sp³-hybridized carbons (Fsp3) is 0.0625. The molecule has 1 amide bonds. The van der Waals surface area contributed by atoms with Crippen LogP contribution in [0.4, 0.5) is 10.1 Å². The van der Waals surface area contributed by atoms with Gasteiger partial charge in [0, 0.05) is 15.5 Å². The molecule has 0 spiro atoms. The van der Waals surface area contributed by atoms with Gasteiger partial charge in [0.1, 0.15) is 11.4 Å². The Hall–Kier alpha value is -4.56. The van der Waals surface area contributed by atoms with Crippen molar-refractivity contribution in [1.29, 1.82) is 0 Å². The highest BCUT2D eigenvalue weighted by Crippen LogP contribution is 2.34. The molecule has 0 atom stereocenters. The monoisotopic (exact) mass is 766 g/mol. The molecule has 0 saturated carbocycles. The third-order valence-corrected chi connectivity index (χ3v) is 7.80. The standard InChI is InChI=1S/C32H21BrFIN4O5/c1-42-27-13-18(12-24(35)30(27)43-17-29(40)37-22-9-7-21(34)8-10-22)16-36-39-31(38-25-5-3-2-4-23(25)32(39)41)28-15-19-14-20(33)6-11-26(19)44-28/h2-16H,17H2,1H3,(H,37,40). The molecule has 0 saturated heterocycles. The summed E-state index contributed by atoms with van der Waals surface area (Å²) in [6, 6.07) is 23.3. The number of nitrogens with one attached hydrogen (secondary N) is 1. The molecule has 0 unspecified atom stereocenters. The summed E-state index contributed by atoms with van der Waals surface area (Å²) in [5.74, 6) is 0.522. The van der Waals surface area contributed by atoms with Gasteiger partial charge in [0.2, 0.25) is 5.82 Å². The number of carbonyl (C=O) groups is 1. The predicted octanol–water partition coefficient (Wildman–Crippen LogP) is 7.22. The Kier molecular flexibility index (Phi) is 8.44. The molecule has 2 heterocycles. The zero-order valence-corrected chi connectivity index (χ0v) is 26.6. The number of halogens is 3. The zero-order chi connectivity index (χ0) is 30.8. The molecule has 12 heteroatoms. The average molecular weight is 767 g/mol. The first-order valence-electron chi connectivity index (χ1n) is 13.1. The van der Waals surface area contributed by atoms with Crippen LogP contribution in [0.25, 0.3) is 33.5 Å². The van der Waals surface area contributed by atoms with E-state index in [1.54, 1.807) is 30.3 Å². The molecule has 220 valence electrons. The lowest BCUT2D eigenvalue weighted by atomic mass is 10.2. The van der Waals surface area contributed by atoms with Crippen LogP contribution in [0.1, 0.15) is 5.56 Å². The van der Waals surface area contributed by atoms with Crippen LogP contribution >= 0.6 is 38.5 Å². The highest BCUT2D eigenvalue weighted by atomic mass is 127. The average Bonchev–Trinajstić information content (AvgIpc) is 3.44. The summed E-state index contributed by atoms with van der Waals surface area (Å²) in [5.41, 5.74) is 1.84. The van der Waals surface area contributed by atoms with Gasteiger partial charge >= 0.3 is 0 Å². The minimum Gasteiger partial charge on any atom is -0.493 e. The predicted molar refractivity (Wildman–Crippen MR) is 178 cm³/mol. The number of fused-ring (bicyclic) bond motifs is 2. The van der Waals surface area contributed by atoms with Gasteiger partial charge < -0.3 is 19.2 Å². The number of anilines is 1. The summed E-state index contributed by atoms with van der Waals surface area (Å²) in [4.78, 5) is 30.7. The molecule has 6 rings (SSSR count). The van der Waals surface area contributed by atoms with Gasteiger partial charge in [-0.1, -0.05) is 28.1 Å². The minimum atomic E-state index is -0.422. The van der Waals surface area contributed by atoms with Crippen LogP contribution in [0.2, 0.25) is 0 Å². The van der Waals surface area contributed by atoms with Gasteiger partial charge in [-0.2, -0.15) is 9.78 Å². The number of furan rings is 1. The third kappa shape index (κ3) is 6.21. The number of rotatable bonds is 8. The van der Waals surface area contributed by atoms with Crippen LogP contribution in [-0.4, -0.2) is 35.5 Å². The van der Waals surface area contributed by atoms with Gasteiger partial charge in [-0.15, -0.1) is 0 Å². The van der Waals surface area contributed by atoms with E-state index in [9.17, 15) is 14.0 Å². The number of amides is 1. The van der Waals surface area contributed by atoms with Crippen LogP contribution in [0.15, 0.2) is 104 Å². The lowest BCUT2D eigenvalue weighted by Crippen LogP contribution is -2.21. The molecule has 0 fully saturated rings. The SMILES string of the molecule is COc1cc(C=Nn2c(-c3cc4cc(Br)ccc4o3)nc3ccccc3c2=O)cc(I)c1OCC(=O)Nc1ccc(F)cc1. The van der Waals surface area contributed by atoms with Crippen molar-refractivity contribution in [2.24, 2.45) is 5.10 Å². The number of carbonyl (C=O) groups excluding carboxylic acids is 1. The molecule has 0 bridgehead atoms. The van der Waals surface area contributed by atoms with Crippen LogP contribution < -0.4 is 20.3 Å². The Bertz CT molecular complexity index is 2130. The van der Waals surface area contributed by atoms with Crippen LogP contribution in [0, 0.1) is 9.39 Å². The summed E-state index contributed by atoms with van der Waals surface area (Å²) in [5, 5.41) is 8.42. The van der Waals surface area contributed by atoms with Crippen molar-refractivity contribution in [3.8, 4) is 23.1 Å². The Morgan fingerprint density at radius 2 is 1.91 bits per heavy atom. The van der Waals surface area contributed by atoms with E-state index in [2.05, 4.69) is 48.9 Å². The number of ether oxygens (including phenoxy) is 2. The van der Waals surface area contributed by atoms with E-state index in [4.69, 9.17) is 18.9 Å². The molecule has 1 N–H and O–H groups in total. The summed E-state index contributed by atoms with van der Waals surface area (Å²) < 4.78 is 33.3. The highest BCUT2D eigenvalue weighted by Gasteiger charge is 2.18. The third-order valence-electron chi connectivity index (χ3n) is 6.50. The Balaban J connectivity index is 1.31. The fourth-order valence-electron chi connectivity index (χ4n) is 4.46. The first kappa shape index (κ1) is 29.5. The summed E-state index contributed by atoms with van der Waals surface area (Å²) >= 11 is 5.54. The molecule has 2 aromatic heterocycles. The lowest BCUT2D eigenvalue weighted by molar-refractivity contribution is -0.118. The van der Waals surface area contributed by atoms with Crippen molar-refractivity contribution >= 4 is 78.2 Å². The normalized spacial score (nSPS) is 11.4. The number of hydrogen-bond acceptors (Lipinski definition) is 7. The summed E-state index contributed by atoms with van der Waals surface area (Å²) in [7, 11) is 1.48. The van der Waals surface area contributed by atoms with Gasteiger partial charge in [0.25, 0.3) is 11.5 Å². The van der Waals surface area contributed by atoms with E-state index in [-0.39, 0.29) is 18.0 Å².